The minimum absolute atomic E-state index is 0.329. The van der Waals surface area contributed by atoms with Crippen LogP contribution >= 0.6 is 0 Å². The number of nitrogens with zero attached hydrogens (tertiary/aromatic N) is 2. The Morgan fingerprint density at radius 3 is 2.59 bits per heavy atom. The fraction of sp³-hybridized carbons (Fsp3) is 0.364. The first-order valence-corrected chi connectivity index (χ1v) is 9.45. The van der Waals surface area contributed by atoms with E-state index in [2.05, 4.69) is 42.5 Å². The summed E-state index contributed by atoms with van der Waals surface area (Å²) in [4.78, 5) is 13.7. The molecule has 27 heavy (non-hydrogen) atoms. The molecule has 2 atom stereocenters. The first kappa shape index (κ1) is 19.1. The fourth-order valence-corrected chi connectivity index (χ4v) is 3.80. The number of primary amides is 1. The van der Waals surface area contributed by atoms with E-state index in [4.69, 9.17) is 11.5 Å². The van der Waals surface area contributed by atoms with E-state index in [0.29, 0.717) is 13.0 Å². The number of nitriles is 1. The van der Waals surface area contributed by atoms with Crippen LogP contribution in [-0.4, -0.2) is 29.4 Å². The van der Waals surface area contributed by atoms with Crippen LogP contribution < -0.4 is 11.5 Å². The summed E-state index contributed by atoms with van der Waals surface area (Å²) in [6, 6.07) is 18.1. The molecule has 1 heterocycles. The normalized spacial score (nSPS) is 18.6. The number of likely N-dealkylation sites (tertiary alicyclic amines) is 1. The van der Waals surface area contributed by atoms with E-state index < -0.39 is 0 Å². The summed E-state index contributed by atoms with van der Waals surface area (Å²) >= 11 is 0. The highest BCUT2D eigenvalue weighted by molar-refractivity contribution is 5.80. The Bertz CT molecular complexity index is 825. The summed E-state index contributed by atoms with van der Waals surface area (Å²) in [5.41, 5.74) is 15.7. The first-order chi connectivity index (χ1) is 13.1. The number of amides is 1. The summed E-state index contributed by atoms with van der Waals surface area (Å²) in [5, 5.41) is 9.67. The van der Waals surface area contributed by atoms with Gasteiger partial charge in [0.05, 0.1) is 12.1 Å². The molecule has 0 aromatic heterocycles. The second-order valence-corrected chi connectivity index (χ2v) is 7.10. The van der Waals surface area contributed by atoms with Crippen LogP contribution in [-0.2, 0) is 17.8 Å². The molecule has 1 aliphatic heterocycles. The summed E-state index contributed by atoms with van der Waals surface area (Å²) in [6.45, 7) is 1.27. The van der Waals surface area contributed by atoms with Crippen molar-refractivity contribution in [1.29, 1.82) is 5.26 Å². The molecule has 2 aromatic rings. The molecule has 1 saturated heterocycles. The highest BCUT2D eigenvalue weighted by Gasteiger charge is 2.32. The standard InChI is InChI=1S/C22H26N4O/c23-14-17-4-3-5-19(12-17)18-9-7-16(8-10-18)13-20(15-24)26-11-2-1-6-21(26)22(25)27/h3-5,7-10,12,20-21H,1-2,6,11,13-14,23H2,(H2,25,27)/t20-,21?/m0/s1. The number of carbonyl (C=O) groups excluding carboxylic acids is 1. The number of rotatable bonds is 6. The van der Waals surface area contributed by atoms with Gasteiger partial charge in [-0.3, -0.25) is 9.69 Å². The zero-order valence-corrected chi connectivity index (χ0v) is 15.5. The van der Waals surface area contributed by atoms with Crippen LogP contribution in [0.1, 0.15) is 30.4 Å². The van der Waals surface area contributed by atoms with Crippen molar-refractivity contribution in [1.82, 2.24) is 4.90 Å². The van der Waals surface area contributed by atoms with Crippen LogP contribution in [0.5, 0.6) is 0 Å². The Kier molecular flexibility index (Phi) is 6.23. The lowest BCUT2D eigenvalue weighted by atomic mass is 9.95. The smallest absolute Gasteiger partial charge is 0.234 e. The van der Waals surface area contributed by atoms with Crippen molar-refractivity contribution < 1.29 is 4.79 Å². The Morgan fingerprint density at radius 1 is 1.15 bits per heavy atom. The van der Waals surface area contributed by atoms with Crippen molar-refractivity contribution in [3.8, 4) is 17.2 Å². The predicted octanol–water partition coefficient (Wildman–Crippen LogP) is 2.59. The Hall–Kier alpha value is -2.68. The molecule has 4 N–H and O–H groups in total. The zero-order valence-electron chi connectivity index (χ0n) is 15.5. The number of benzene rings is 2. The molecular formula is C22H26N4O. The van der Waals surface area contributed by atoms with Gasteiger partial charge in [0.15, 0.2) is 0 Å². The summed E-state index contributed by atoms with van der Waals surface area (Å²) in [6.07, 6.45) is 3.31. The van der Waals surface area contributed by atoms with Crippen molar-refractivity contribution in [2.45, 2.75) is 44.3 Å². The summed E-state index contributed by atoms with van der Waals surface area (Å²) in [5.74, 6) is -0.329. The molecule has 1 unspecified atom stereocenters. The summed E-state index contributed by atoms with van der Waals surface area (Å²) in [7, 11) is 0. The van der Waals surface area contributed by atoms with E-state index in [1.54, 1.807) is 0 Å². The average molecular weight is 362 g/mol. The molecule has 0 bridgehead atoms. The topological polar surface area (TPSA) is 96.1 Å². The molecule has 0 radical (unpaired) electrons. The fourth-order valence-electron chi connectivity index (χ4n) is 3.80. The summed E-state index contributed by atoms with van der Waals surface area (Å²) < 4.78 is 0. The Balaban J connectivity index is 1.74. The van der Waals surface area contributed by atoms with E-state index in [0.717, 1.165) is 48.1 Å². The number of hydrogen-bond donors (Lipinski definition) is 2. The first-order valence-electron chi connectivity index (χ1n) is 9.45. The van der Waals surface area contributed by atoms with E-state index >= 15 is 0 Å². The van der Waals surface area contributed by atoms with Crippen molar-refractivity contribution in [3.05, 3.63) is 59.7 Å². The number of piperidine rings is 1. The van der Waals surface area contributed by atoms with Crippen molar-refractivity contribution >= 4 is 5.91 Å². The maximum atomic E-state index is 11.8. The van der Waals surface area contributed by atoms with E-state index in [1.807, 2.05) is 17.0 Å². The maximum Gasteiger partial charge on any atom is 0.234 e. The van der Waals surface area contributed by atoms with Crippen LogP contribution in [0.4, 0.5) is 0 Å². The predicted molar refractivity (Wildman–Crippen MR) is 106 cm³/mol. The van der Waals surface area contributed by atoms with Gasteiger partial charge in [-0.2, -0.15) is 5.26 Å². The molecule has 1 fully saturated rings. The Labute approximate surface area is 160 Å². The third-order valence-corrected chi connectivity index (χ3v) is 5.30. The van der Waals surface area contributed by atoms with Crippen LogP contribution in [0, 0.1) is 11.3 Å². The van der Waals surface area contributed by atoms with Gasteiger partial charge in [-0.15, -0.1) is 0 Å². The van der Waals surface area contributed by atoms with Crippen molar-refractivity contribution in [2.24, 2.45) is 11.5 Å². The molecule has 0 spiro atoms. The quantitative estimate of drug-likeness (QED) is 0.825. The Morgan fingerprint density at radius 2 is 1.93 bits per heavy atom. The largest absolute Gasteiger partial charge is 0.368 e. The van der Waals surface area contributed by atoms with Crippen LogP contribution in [0.15, 0.2) is 48.5 Å². The lowest BCUT2D eigenvalue weighted by molar-refractivity contribution is -0.125. The number of carbonyl (C=O) groups is 1. The van der Waals surface area contributed by atoms with Gasteiger partial charge in [-0.25, -0.2) is 0 Å². The maximum absolute atomic E-state index is 11.8. The third-order valence-electron chi connectivity index (χ3n) is 5.30. The highest BCUT2D eigenvalue weighted by Crippen LogP contribution is 2.24. The molecule has 140 valence electrons. The molecule has 1 aliphatic rings. The molecular weight excluding hydrogens is 336 g/mol. The lowest BCUT2D eigenvalue weighted by Gasteiger charge is -2.36. The zero-order chi connectivity index (χ0) is 19.2. The van der Waals surface area contributed by atoms with Gasteiger partial charge in [-0.1, -0.05) is 48.9 Å². The number of hydrogen-bond acceptors (Lipinski definition) is 4. The number of nitrogens with two attached hydrogens (primary N) is 2. The lowest BCUT2D eigenvalue weighted by Crippen LogP contribution is -2.52. The second kappa shape index (κ2) is 8.81. The van der Waals surface area contributed by atoms with Gasteiger partial charge in [0, 0.05) is 19.5 Å². The molecule has 2 aromatic carbocycles. The van der Waals surface area contributed by atoms with Crippen molar-refractivity contribution in [2.75, 3.05) is 6.54 Å². The van der Waals surface area contributed by atoms with Gasteiger partial charge >= 0.3 is 0 Å². The molecule has 0 saturated carbocycles. The van der Waals surface area contributed by atoms with Crippen LogP contribution in [0.2, 0.25) is 0 Å². The van der Waals surface area contributed by atoms with E-state index in [-0.39, 0.29) is 18.0 Å². The molecule has 0 aliphatic carbocycles. The van der Waals surface area contributed by atoms with Gasteiger partial charge in [0.1, 0.15) is 6.04 Å². The molecule has 3 rings (SSSR count). The van der Waals surface area contributed by atoms with E-state index in [1.165, 1.54) is 0 Å². The molecule has 5 nitrogen and oxygen atoms in total. The van der Waals surface area contributed by atoms with Gasteiger partial charge < -0.3 is 11.5 Å². The average Bonchev–Trinajstić information content (AvgIpc) is 2.72. The second-order valence-electron chi connectivity index (χ2n) is 7.10. The van der Waals surface area contributed by atoms with Crippen molar-refractivity contribution in [3.63, 3.8) is 0 Å². The van der Waals surface area contributed by atoms with Gasteiger partial charge in [-0.05, 0) is 41.2 Å². The van der Waals surface area contributed by atoms with Gasteiger partial charge in [0.2, 0.25) is 5.91 Å². The third kappa shape index (κ3) is 4.54. The minimum atomic E-state index is -0.339. The molecule has 5 heteroatoms. The highest BCUT2D eigenvalue weighted by atomic mass is 16.1. The van der Waals surface area contributed by atoms with Crippen LogP contribution in [0.3, 0.4) is 0 Å². The van der Waals surface area contributed by atoms with Gasteiger partial charge in [0.25, 0.3) is 0 Å². The van der Waals surface area contributed by atoms with Crippen LogP contribution in [0.25, 0.3) is 11.1 Å². The SMILES string of the molecule is N#C[C@H](Cc1ccc(-c2cccc(CN)c2)cc1)N1CCCCC1C(N)=O. The van der Waals surface area contributed by atoms with E-state index in [9.17, 15) is 10.1 Å². The molecule has 1 amide bonds. The monoisotopic (exact) mass is 362 g/mol. The minimum Gasteiger partial charge on any atom is -0.368 e.